The van der Waals surface area contributed by atoms with E-state index in [0.717, 1.165) is 17.0 Å². The van der Waals surface area contributed by atoms with E-state index in [1.165, 1.54) is 6.07 Å². The molecule has 15 heteroatoms. The van der Waals surface area contributed by atoms with Crippen LogP contribution in [0.2, 0.25) is 0 Å². The molecule has 2 saturated heterocycles. The number of hydrogen-bond acceptors (Lipinski definition) is 7. The molecule has 2 heterocycles. The molecule has 218 valence electrons. The standard InChI is InChI=1S/C25H27F5N4O5S/c26-24(27)13-34(14-24)22(36)18-11-16(10-17(18)21(35)32-23(12-31)3-4-23)40(37,38)20-2-1-15(9-19(20)25(28,29)30)33-5-7-39-8-6-33/h1-2,9,16-18H,3-8,10-11,13-14H2,(H,32,35)/t16-,17-,18?/m1/s1. The summed E-state index contributed by atoms with van der Waals surface area (Å²) in [4.78, 5) is 27.7. The van der Waals surface area contributed by atoms with Crippen molar-refractivity contribution < 1.29 is 44.7 Å². The molecule has 2 aliphatic carbocycles. The number of carbonyl (C=O) groups is 2. The summed E-state index contributed by atoms with van der Waals surface area (Å²) in [5.74, 6) is -7.41. The molecule has 1 N–H and O–H groups in total. The molecule has 0 aromatic heterocycles. The highest BCUT2D eigenvalue weighted by Crippen LogP contribution is 2.45. The van der Waals surface area contributed by atoms with Crippen LogP contribution in [-0.2, 0) is 30.3 Å². The van der Waals surface area contributed by atoms with Gasteiger partial charge in [-0.05, 0) is 43.9 Å². The number of morpholine rings is 1. The summed E-state index contributed by atoms with van der Waals surface area (Å²) in [6.07, 6.45) is -5.32. The average Bonchev–Trinajstić information content (AvgIpc) is 3.51. The lowest BCUT2D eigenvalue weighted by molar-refractivity contribution is -0.171. The number of rotatable bonds is 6. The number of halogens is 5. The van der Waals surface area contributed by atoms with Crippen LogP contribution in [0.4, 0.5) is 27.6 Å². The van der Waals surface area contributed by atoms with Crippen molar-refractivity contribution in [1.82, 2.24) is 10.2 Å². The van der Waals surface area contributed by atoms with Gasteiger partial charge in [0.15, 0.2) is 9.84 Å². The molecule has 3 atom stereocenters. The zero-order valence-electron chi connectivity index (χ0n) is 21.2. The lowest BCUT2D eigenvalue weighted by Gasteiger charge is -2.40. The first kappa shape index (κ1) is 28.5. The van der Waals surface area contributed by atoms with Crippen LogP contribution in [0.1, 0.15) is 31.2 Å². The molecule has 0 spiro atoms. The van der Waals surface area contributed by atoms with E-state index in [1.54, 1.807) is 4.90 Å². The van der Waals surface area contributed by atoms with Gasteiger partial charge in [0.05, 0.1) is 59.9 Å². The second-order valence-electron chi connectivity index (χ2n) is 10.9. The predicted octanol–water partition coefficient (Wildman–Crippen LogP) is 2.36. The molecule has 4 aliphatic rings. The van der Waals surface area contributed by atoms with Crippen molar-refractivity contribution in [2.24, 2.45) is 11.8 Å². The molecule has 2 saturated carbocycles. The van der Waals surface area contributed by atoms with E-state index in [2.05, 4.69) is 5.32 Å². The molecule has 0 radical (unpaired) electrons. The Morgan fingerprint density at radius 1 is 1.07 bits per heavy atom. The Bertz CT molecular complexity index is 1340. The maximum Gasteiger partial charge on any atom is 0.417 e. The Hall–Kier alpha value is -2.99. The van der Waals surface area contributed by atoms with Crippen LogP contribution in [0.3, 0.4) is 0 Å². The fourth-order valence-corrected chi connectivity index (χ4v) is 7.63. The second-order valence-corrected chi connectivity index (χ2v) is 13.1. The highest BCUT2D eigenvalue weighted by molar-refractivity contribution is 7.92. The number of alkyl halides is 5. The normalized spacial score (nSPS) is 27.4. The molecule has 40 heavy (non-hydrogen) atoms. The Balaban J connectivity index is 1.45. The highest BCUT2D eigenvalue weighted by Gasteiger charge is 2.55. The molecule has 1 aromatic rings. The largest absolute Gasteiger partial charge is 0.417 e. The molecule has 2 aliphatic heterocycles. The Kier molecular flexibility index (Phi) is 7.01. The van der Waals surface area contributed by atoms with Crippen molar-refractivity contribution in [3.63, 3.8) is 0 Å². The first-order chi connectivity index (χ1) is 18.7. The lowest BCUT2D eigenvalue weighted by Crippen LogP contribution is -2.60. The molecular formula is C25H27F5N4O5S. The summed E-state index contributed by atoms with van der Waals surface area (Å²) >= 11 is 0. The smallest absolute Gasteiger partial charge is 0.378 e. The maximum absolute atomic E-state index is 14.2. The van der Waals surface area contributed by atoms with E-state index in [0.29, 0.717) is 39.1 Å². The number of benzene rings is 1. The van der Waals surface area contributed by atoms with E-state index < -0.39 is 92.8 Å². The van der Waals surface area contributed by atoms with Crippen LogP contribution < -0.4 is 10.2 Å². The van der Waals surface area contributed by atoms with Gasteiger partial charge in [-0.15, -0.1) is 0 Å². The number of amides is 2. The Morgan fingerprint density at radius 2 is 1.70 bits per heavy atom. The number of ether oxygens (including phenoxy) is 1. The summed E-state index contributed by atoms with van der Waals surface area (Å²) in [7, 11) is -4.73. The Labute approximate surface area is 227 Å². The molecule has 5 rings (SSSR count). The van der Waals surface area contributed by atoms with E-state index in [1.807, 2.05) is 6.07 Å². The zero-order chi connectivity index (χ0) is 29.1. The average molecular weight is 591 g/mol. The van der Waals surface area contributed by atoms with Crippen LogP contribution in [0.5, 0.6) is 0 Å². The minimum Gasteiger partial charge on any atom is -0.378 e. The molecule has 9 nitrogen and oxygen atoms in total. The first-order valence-corrected chi connectivity index (χ1v) is 14.4. The number of sulfone groups is 1. The van der Waals surface area contributed by atoms with E-state index >= 15 is 0 Å². The van der Waals surface area contributed by atoms with Crippen molar-refractivity contribution in [2.75, 3.05) is 44.3 Å². The number of likely N-dealkylation sites (tertiary alicyclic amines) is 1. The summed E-state index contributed by atoms with van der Waals surface area (Å²) in [5, 5.41) is 10.3. The fraction of sp³-hybridized carbons (Fsp3) is 0.640. The quantitative estimate of drug-likeness (QED) is 0.506. The van der Waals surface area contributed by atoms with E-state index in [4.69, 9.17) is 4.74 Å². The molecule has 0 bridgehead atoms. The molecule has 2 amide bonds. The van der Waals surface area contributed by atoms with Gasteiger partial charge in [-0.2, -0.15) is 18.4 Å². The lowest BCUT2D eigenvalue weighted by atomic mass is 9.92. The third-order valence-corrected chi connectivity index (χ3v) is 10.3. The number of carbonyl (C=O) groups excluding carboxylic acids is 2. The van der Waals surface area contributed by atoms with Gasteiger partial charge in [0, 0.05) is 18.8 Å². The summed E-state index contributed by atoms with van der Waals surface area (Å²) in [6, 6.07) is 4.88. The minimum absolute atomic E-state index is 0.177. The van der Waals surface area contributed by atoms with Crippen molar-refractivity contribution >= 4 is 27.3 Å². The van der Waals surface area contributed by atoms with Crippen molar-refractivity contribution in [3.05, 3.63) is 23.8 Å². The second kappa shape index (κ2) is 9.83. The fourth-order valence-electron chi connectivity index (χ4n) is 5.61. The van der Waals surface area contributed by atoms with Crippen LogP contribution in [-0.4, -0.2) is 81.2 Å². The van der Waals surface area contributed by atoms with Crippen molar-refractivity contribution in [3.8, 4) is 6.07 Å². The molecule has 1 aromatic carbocycles. The van der Waals surface area contributed by atoms with Gasteiger partial charge >= 0.3 is 6.18 Å². The number of nitrogens with zero attached hydrogens (tertiary/aromatic N) is 3. The third-order valence-electron chi connectivity index (χ3n) is 8.05. The SMILES string of the molecule is N#CC1(NC(=O)[C@@H]2C[C@@H](S(=O)(=O)c3ccc(N4CCOCC4)cc3C(F)(F)F)CC2C(=O)N2CC(F)(F)C2)CC1. The molecule has 1 unspecified atom stereocenters. The van der Waals surface area contributed by atoms with Gasteiger partial charge in [-0.25, -0.2) is 17.2 Å². The van der Waals surface area contributed by atoms with Gasteiger partial charge in [-0.3, -0.25) is 9.59 Å². The third kappa shape index (κ3) is 5.35. The van der Waals surface area contributed by atoms with Crippen LogP contribution in [0.25, 0.3) is 0 Å². The van der Waals surface area contributed by atoms with E-state index in [9.17, 15) is 45.2 Å². The van der Waals surface area contributed by atoms with Gasteiger partial charge in [0.25, 0.3) is 5.92 Å². The number of anilines is 1. The molecular weight excluding hydrogens is 563 g/mol. The number of nitrogens with one attached hydrogen (secondary N) is 1. The highest BCUT2D eigenvalue weighted by atomic mass is 32.2. The van der Waals surface area contributed by atoms with E-state index in [-0.39, 0.29) is 5.69 Å². The minimum atomic E-state index is -5.02. The first-order valence-electron chi connectivity index (χ1n) is 12.8. The zero-order valence-corrected chi connectivity index (χ0v) is 22.0. The number of nitriles is 1. The monoisotopic (exact) mass is 590 g/mol. The summed E-state index contributed by atoms with van der Waals surface area (Å²) < 4.78 is 102. The summed E-state index contributed by atoms with van der Waals surface area (Å²) in [6.45, 7) is -0.523. The van der Waals surface area contributed by atoms with Crippen LogP contribution >= 0.6 is 0 Å². The van der Waals surface area contributed by atoms with Crippen molar-refractivity contribution in [2.45, 2.75) is 53.5 Å². The van der Waals surface area contributed by atoms with Gasteiger partial charge in [0.2, 0.25) is 11.8 Å². The Morgan fingerprint density at radius 3 is 2.25 bits per heavy atom. The summed E-state index contributed by atoms with van der Waals surface area (Å²) in [5.41, 5.74) is -2.34. The van der Waals surface area contributed by atoms with Gasteiger partial charge in [0.1, 0.15) is 5.54 Å². The maximum atomic E-state index is 14.2. The molecule has 4 fully saturated rings. The van der Waals surface area contributed by atoms with Crippen LogP contribution in [0, 0.1) is 23.2 Å². The topological polar surface area (TPSA) is 120 Å². The van der Waals surface area contributed by atoms with Crippen LogP contribution in [0.15, 0.2) is 23.1 Å². The number of hydrogen-bond donors (Lipinski definition) is 1. The van der Waals surface area contributed by atoms with Gasteiger partial charge in [-0.1, -0.05) is 0 Å². The van der Waals surface area contributed by atoms with Gasteiger partial charge < -0.3 is 19.9 Å². The van der Waals surface area contributed by atoms with Crippen molar-refractivity contribution in [1.29, 1.82) is 5.26 Å². The predicted molar refractivity (Wildman–Crippen MR) is 129 cm³/mol.